The van der Waals surface area contributed by atoms with Crippen molar-refractivity contribution >= 4 is 22.8 Å². The van der Waals surface area contributed by atoms with Crippen molar-refractivity contribution in [3.05, 3.63) is 41.6 Å². The molecule has 21 heavy (non-hydrogen) atoms. The van der Waals surface area contributed by atoms with E-state index in [2.05, 4.69) is 21.6 Å². The zero-order valence-corrected chi connectivity index (χ0v) is 13.0. The minimum absolute atomic E-state index is 0.394. The molecular formula is C15H18ClN5. The first-order valence-electron chi connectivity index (χ1n) is 7.10. The second-order valence-corrected chi connectivity index (χ2v) is 5.36. The zero-order valence-electron chi connectivity index (χ0n) is 12.3. The summed E-state index contributed by atoms with van der Waals surface area (Å²) in [6.07, 6.45) is 5.59. The average Bonchev–Trinajstić information content (AvgIpc) is 3.00. The SMILES string of the molecule is CCCc1nn(C)c2c1nc(CCl)n2Cc1ccncc1. The molecule has 3 aromatic rings. The number of rotatable bonds is 5. The lowest BCUT2D eigenvalue weighted by atomic mass is 10.2. The molecule has 0 saturated heterocycles. The highest BCUT2D eigenvalue weighted by molar-refractivity contribution is 6.16. The summed E-state index contributed by atoms with van der Waals surface area (Å²) >= 11 is 6.08. The molecule has 3 heterocycles. The summed E-state index contributed by atoms with van der Waals surface area (Å²) in [5, 5.41) is 4.60. The molecule has 0 aliphatic heterocycles. The molecule has 0 unspecified atom stereocenters. The van der Waals surface area contributed by atoms with Gasteiger partial charge in [0.1, 0.15) is 11.3 Å². The molecule has 0 aliphatic rings. The van der Waals surface area contributed by atoms with E-state index in [9.17, 15) is 0 Å². The Morgan fingerprint density at radius 3 is 2.67 bits per heavy atom. The molecule has 110 valence electrons. The standard InChI is InChI=1S/C15H18ClN5/c1-3-4-12-14-15(20(2)19-12)21(13(9-16)18-14)10-11-5-7-17-8-6-11/h5-8H,3-4,9-10H2,1-2H3. The Hall–Kier alpha value is -1.88. The van der Waals surface area contributed by atoms with Crippen LogP contribution in [-0.4, -0.2) is 24.3 Å². The van der Waals surface area contributed by atoms with E-state index in [1.165, 1.54) is 5.56 Å². The molecule has 0 N–H and O–H groups in total. The molecule has 0 amide bonds. The van der Waals surface area contributed by atoms with Gasteiger partial charge in [-0.05, 0) is 24.1 Å². The minimum atomic E-state index is 0.394. The van der Waals surface area contributed by atoms with Gasteiger partial charge in [-0.2, -0.15) is 5.10 Å². The monoisotopic (exact) mass is 303 g/mol. The number of halogens is 1. The van der Waals surface area contributed by atoms with Crippen molar-refractivity contribution in [2.24, 2.45) is 7.05 Å². The van der Waals surface area contributed by atoms with Crippen LogP contribution in [0.1, 0.15) is 30.4 Å². The predicted octanol–water partition coefficient (Wildman–Crippen LogP) is 2.90. The van der Waals surface area contributed by atoms with E-state index in [4.69, 9.17) is 16.6 Å². The van der Waals surface area contributed by atoms with Crippen LogP contribution in [0.25, 0.3) is 11.2 Å². The largest absolute Gasteiger partial charge is 0.307 e. The molecule has 0 aromatic carbocycles. The van der Waals surface area contributed by atoms with Gasteiger partial charge in [0.05, 0.1) is 18.1 Å². The van der Waals surface area contributed by atoms with E-state index in [1.807, 2.05) is 23.9 Å². The Balaban J connectivity index is 2.11. The summed E-state index contributed by atoms with van der Waals surface area (Å²) in [4.78, 5) is 8.76. The van der Waals surface area contributed by atoms with E-state index < -0.39 is 0 Å². The summed E-state index contributed by atoms with van der Waals surface area (Å²) in [7, 11) is 1.96. The van der Waals surface area contributed by atoms with Crippen LogP contribution in [0, 0.1) is 0 Å². The number of hydrogen-bond acceptors (Lipinski definition) is 3. The molecule has 0 aliphatic carbocycles. The number of imidazole rings is 1. The average molecular weight is 304 g/mol. The van der Waals surface area contributed by atoms with Crippen molar-refractivity contribution in [3.8, 4) is 0 Å². The minimum Gasteiger partial charge on any atom is -0.307 e. The number of hydrogen-bond donors (Lipinski definition) is 0. The van der Waals surface area contributed by atoms with Crippen molar-refractivity contribution in [1.82, 2.24) is 24.3 Å². The smallest absolute Gasteiger partial charge is 0.159 e. The maximum Gasteiger partial charge on any atom is 0.159 e. The number of aryl methyl sites for hydroxylation is 2. The highest BCUT2D eigenvalue weighted by atomic mass is 35.5. The maximum absolute atomic E-state index is 6.08. The van der Waals surface area contributed by atoms with E-state index in [-0.39, 0.29) is 0 Å². The second kappa shape index (κ2) is 5.85. The van der Waals surface area contributed by atoms with Gasteiger partial charge in [0.25, 0.3) is 0 Å². The molecule has 0 radical (unpaired) electrons. The fourth-order valence-corrected chi connectivity index (χ4v) is 2.83. The summed E-state index contributed by atoms with van der Waals surface area (Å²) in [6, 6.07) is 4.01. The molecule has 0 atom stereocenters. The van der Waals surface area contributed by atoms with Crippen molar-refractivity contribution in [3.63, 3.8) is 0 Å². The third-order valence-electron chi connectivity index (χ3n) is 3.57. The van der Waals surface area contributed by atoms with Gasteiger partial charge >= 0.3 is 0 Å². The van der Waals surface area contributed by atoms with Crippen LogP contribution in [0.4, 0.5) is 0 Å². The van der Waals surface area contributed by atoms with Gasteiger partial charge in [-0.25, -0.2) is 4.98 Å². The van der Waals surface area contributed by atoms with Gasteiger partial charge < -0.3 is 4.57 Å². The van der Waals surface area contributed by atoms with Gasteiger partial charge in [0.15, 0.2) is 5.65 Å². The van der Waals surface area contributed by atoms with Crippen LogP contribution in [-0.2, 0) is 25.9 Å². The van der Waals surface area contributed by atoms with E-state index >= 15 is 0 Å². The third-order valence-corrected chi connectivity index (χ3v) is 3.81. The van der Waals surface area contributed by atoms with Crippen LogP contribution >= 0.6 is 11.6 Å². The molecular weight excluding hydrogens is 286 g/mol. The van der Waals surface area contributed by atoms with Crippen LogP contribution in [0.3, 0.4) is 0 Å². The van der Waals surface area contributed by atoms with Crippen LogP contribution in [0.5, 0.6) is 0 Å². The van der Waals surface area contributed by atoms with E-state index in [0.717, 1.165) is 42.1 Å². The molecule has 0 spiro atoms. The van der Waals surface area contributed by atoms with Crippen molar-refractivity contribution < 1.29 is 0 Å². The van der Waals surface area contributed by atoms with Gasteiger partial charge in [0, 0.05) is 19.4 Å². The number of fused-ring (bicyclic) bond motifs is 1. The molecule has 6 heteroatoms. The van der Waals surface area contributed by atoms with E-state index in [1.54, 1.807) is 12.4 Å². The molecule has 3 aromatic heterocycles. The number of nitrogens with zero attached hydrogens (tertiary/aromatic N) is 5. The Kier molecular flexibility index (Phi) is 3.92. The highest BCUT2D eigenvalue weighted by Crippen LogP contribution is 2.22. The maximum atomic E-state index is 6.08. The van der Waals surface area contributed by atoms with Crippen LogP contribution in [0.2, 0.25) is 0 Å². The first-order valence-corrected chi connectivity index (χ1v) is 7.64. The topological polar surface area (TPSA) is 48.5 Å². The normalized spacial score (nSPS) is 11.4. The lowest BCUT2D eigenvalue weighted by Gasteiger charge is -2.08. The first kappa shape index (κ1) is 14.1. The summed E-state index contributed by atoms with van der Waals surface area (Å²) < 4.78 is 4.05. The molecule has 3 rings (SSSR count). The van der Waals surface area contributed by atoms with Gasteiger partial charge in [-0.1, -0.05) is 13.3 Å². The number of pyridine rings is 1. The van der Waals surface area contributed by atoms with Crippen molar-refractivity contribution in [2.75, 3.05) is 0 Å². The number of aromatic nitrogens is 5. The van der Waals surface area contributed by atoms with Gasteiger partial charge in [0.2, 0.25) is 0 Å². The van der Waals surface area contributed by atoms with Crippen LogP contribution in [0.15, 0.2) is 24.5 Å². The molecule has 0 fully saturated rings. The second-order valence-electron chi connectivity index (χ2n) is 5.10. The molecule has 5 nitrogen and oxygen atoms in total. The molecule has 0 saturated carbocycles. The lowest BCUT2D eigenvalue weighted by Crippen LogP contribution is -2.07. The predicted molar refractivity (Wildman–Crippen MR) is 83.4 cm³/mol. The number of alkyl halides is 1. The van der Waals surface area contributed by atoms with Crippen molar-refractivity contribution in [2.45, 2.75) is 32.2 Å². The van der Waals surface area contributed by atoms with E-state index in [0.29, 0.717) is 5.88 Å². The Bertz CT molecular complexity index is 744. The Morgan fingerprint density at radius 1 is 1.24 bits per heavy atom. The fraction of sp³-hybridized carbons (Fsp3) is 0.400. The summed E-state index contributed by atoms with van der Waals surface area (Å²) in [5.41, 5.74) is 4.23. The quantitative estimate of drug-likeness (QED) is 0.681. The summed E-state index contributed by atoms with van der Waals surface area (Å²) in [5.74, 6) is 1.28. The Labute approximate surface area is 128 Å². The van der Waals surface area contributed by atoms with Gasteiger partial charge in [-0.3, -0.25) is 9.67 Å². The van der Waals surface area contributed by atoms with Crippen LogP contribution < -0.4 is 0 Å². The lowest BCUT2D eigenvalue weighted by molar-refractivity contribution is 0.692. The zero-order chi connectivity index (χ0) is 14.8. The molecule has 0 bridgehead atoms. The Morgan fingerprint density at radius 2 is 2.00 bits per heavy atom. The first-order chi connectivity index (χ1) is 10.2. The summed E-state index contributed by atoms with van der Waals surface area (Å²) in [6.45, 7) is 2.88. The highest BCUT2D eigenvalue weighted by Gasteiger charge is 2.18. The third kappa shape index (κ3) is 2.53. The fourth-order valence-electron chi connectivity index (χ4n) is 2.63. The van der Waals surface area contributed by atoms with Crippen molar-refractivity contribution in [1.29, 1.82) is 0 Å². The van der Waals surface area contributed by atoms with Gasteiger partial charge in [-0.15, -0.1) is 11.6 Å².